The third-order valence-electron chi connectivity index (χ3n) is 1.87. The highest BCUT2D eigenvalue weighted by atomic mass is 16.6. The van der Waals surface area contributed by atoms with Crippen LogP contribution >= 0.6 is 0 Å². The monoisotopic (exact) mass is 230 g/mol. The third kappa shape index (κ3) is 11.5. The third-order valence-corrected chi connectivity index (χ3v) is 1.87. The van der Waals surface area contributed by atoms with Crippen LogP contribution in [0, 0.1) is 10.8 Å². The molecule has 0 unspecified atom stereocenters. The largest absolute Gasteiger partial charge is 0.464 e. The Kier molecular flexibility index (Phi) is 6.01. The summed E-state index contributed by atoms with van der Waals surface area (Å²) < 4.78 is 10.3. The van der Waals surface area contributed by atoms with Crippen LogP contribution in [0.25, 0.3) is 0 Å². The number of esters is 1. The molecule has 0 radical (unpaired) electrons. The highest BCUT2D eigenvalue weighted by Gasteiger charge is 2.13. The maximum absolute atomic E-state index is 11.3. The summed E-state index contributed by atoms with van der Waals surface area (Å²) >= 11 is 0. The molecule has 0 aromatic rings. The summed E-state index contributed by atoms with van der Waals surface area (Å²) in [7, 11) is 0. The number of hydrogen-bond donors (Lipinski definition) is 0. The van der Waals surface area contributed by atoms with Gasteiger partial charge in [0.1, 0.15) is 6.61 Å². The second-order valence-electron chi connectivity index (χ2n) is 6.58. The fourth-order valence-electron chi connectivity index (χ4n) is 0.953. The van der Waals surface area contributed by atoms with Crippen LogP contribution in [0.15, 0.2) is 0 Å². The molecule has 0 heterocycles. The summed E-state index contributed by atoms with van der Waals surface area (Å²) in [6.45, 7) is 13.7. The normalized spacial score (nSPS) is 12.6. The molecule has 0 aromatic heterocycles. The van der Waals surface area contributed by atoms with Crippen molar-refractivity contribution in [2.75, 3.05) is 19.8 Å². The first-order valence-electron chi connectivity index (χ1n) is 5.83. The molecule has 0 aromatic carbocycles. The summed E-state index contributed by atoms with van der Waals surface area (Å²) in [4.78, 5) is 11.3. The van der Waals surface area contributed by atoms with Gasteiger partial charge in [-0.1, -0.05) is 41.5 Å². The molecule has 0 atom stereocenters. The van der Waals surface area contributed by atoms with Crippen molar-refractivity contribution in [3.63, 3.8) is 0 Å². The zero-order chi connectivity index (χ0) is 12.8. The Hall–Kier alpha value is -0.570. The molecule has 96 valence electrons. The van der Waals surface area contributed by atoms with Gasteiger partial charge in [-0.05, 0) is 17.3 Å². The van der Waals surface area contributed by atoms with Gasteiger partial charge in [0, 0.05) is 0 Å². The van der Waals surface area contributed by atoms with Crippen molar-refractivity contribution in [2.45, 2.75) is 48.0 Å². The SMILES string of the molecule is CC(C)(C)CCOC(=O)COCC(C)(C)C. The highest BCUT2D eigenvalue weighted by Crippen LogP contribution is 2.18. The lowest BCUT2D eigenvalue weighted by atomic mass is 9.93. The average Bonchev–Trinajstić information content (AvgIpc) is 1.98. The van der Waals surface area contributed by atoms with Crippen LogP contribution in [0.1, 0.15) is 48.0 Å². The molecule has 0 amide bonds. The molecular weight excluding hydrogens is 204 g/mol. The van der Waals surface area contributed by atoms with Crippen molar-refractivity contribution in [1.29, 1.82) is 0 Å². The van der Waals surface area contributed by atoms with Gasteiger partial charge in [-0.2, -0.15) is 0 Å². The van der Waals surface area contributed by atoms with Crippen LogP contribution in [0.5, 0.6) is 0 Å². The molecule has 0 N–H and O–H groups in total. The minimum absolute atomic E-state index is 0.0570. The molecule has 0 bridgehead atoms. The molecule has 16 heavy (non-hydrogen) atoms. The first-order valence-corrected chi connectivity index (χ1v) is 5.83. The van der Waals surface area contributed by atoms with E-state index in [0.29, 0.717) is 13.2 Å². The Morgan fingerprint density at radius 3 is 2.00 bits per heavy atom. The highest BCUT2D eigenvalue weighted by molar-refractivity contribution is 5.70. The van der Waals surface area contributed by atoms with Crippen LogP contribution in [0.4, 0.5) is 0 Å². The first-order chi connectivity index (χ1) is 7.10. The van der Waals surface area contributed by atoms with Crippen LogP contribution in [-0.4, -0.2) is 25.8 Å². The predicted molar refractivity (Wildman–Crippen MR) is 65.3 cm³/mol. The maximum Gasteiger partial charge on any atom is 0.332 e. The fourth-order valence-corrected chi connectivity index (χ4v) is 0.953. The van der Waals surface area contributed by atoms with Gasteiger partial charge in [0.15, 0.2) is 0 Å². The van der Waals surface area contributed by atoms with E-state index < -0.39 is 0 Å². The first kappa shape index (κ1) is 15.4. The number of hydrogen-bond acceptors (Lipinski definition) is 3. The fraction of sp³-hybridized carbons (Fsp3) is 0.923. The zero-order valence-electron chi connectivity index (χ0n) is 11.6. The molecule has 3 heteroatoms. The predicted octanol–water partition coefficient (Wildman–Crippen LogP) is 3.03. The van der Waals surface area contributed by atoms with E-state index in [1.54, 1.807) is 0 Å². The second-order valence-corrected chi connectivity index (χ2v) is 6.58. The van der Waals surface area contributed by atoms with E-state index in [1.165, 1.54) is 0 Å². The Morgan fingerprint density at radius 2 is 1.56 bits per heavy atom. The Labute approximate surface area is 99.5 Å². The summed E-state index contributed by atoms with van der Waals surface area (Å²) in [5.74, 6) is -0.270. The lowest BCUT2D eigenvalue weighted by Crippen LogP contribution is -2.21. The molecule has 0 aliphatic carbocycles. The van der Waals surface area contributed by atoms with E-state index in [4.69, 9.17) is 9.47 Å². The van der Waals surface area contributed by atoms with Crippen LogP contribution in [-0.2, 0) is 14.3 Å². The summed E-state index contributed by atoms with van der Waals surface area (Å²) in [6, 6.07) is 0. The van der Waals surface area contributed by atoms with Gasteiger partial charge >= 0.3 is 5.97 Å². The number of carbonyl (C=O) groups is 1. The lowest BCUT2D eigenvalue weighted by molar-refractivity contribution is -0.150. The summed E-state index contributed by atoms with van der Waals surface area (Å²) in [5.41, 5.74) is 0.290. The summed E-state index contributed by atoms with van der Waals surface area (Å²) in [6.07, 6.45) is 0.873. The van der Waals surface area contributed by atoms with Gasteiger partial charge in [0.25, 0.3) is 0 Å². The van der Waals surface area contributed by atoms with Gasteiger partial charge in [-0.15, -0.1) is 0 Å². The molecule has 0 fully saturated rings. The van der Waals surface area contributed by atoms with Crippen LogP contribution in [0.3, 0.4) is 0 Å². The van der Waals surface area contributed by atoms with Crippen molar-refractivity contribution < 1.29 is 14.3 Å². The molecule has 0 saturated heterocycles. The van der Waals surface area contributed by atoms with E-state index in [-0.39, 0.29) is 23.4 Å². The van der Waals surface area contributed by atoms with Gasteiger partial charge < -0.3 is 9.47 Å². The quantitative estimate of drug-likeness (QED) is 0.681. The van der Waals surface area contributed by atoms with Crippen LogP contribution in [0.2, 0.25) is 0 Å². The Balaban J connectivity index is 3.53. The lowest BCUT2D eigenvalue weighted by Gasteiger charge is -2.19. The second kappa shape index (κ2) is 6.24. The smallest absolute Gasteiger partial charge is 0.332 e. The minimum atomic E-state index is -0.270. The van der Waals surface area contributed by atoms with Crippen molar-refractivity contribution in [1.82, 2.24) is 0 Å². The maximum atomic E-state index is 11.3. The molecule has 0 spiro atoms. The van der Waals surface area contributed by atoms with Gasteiger partial charge in [0.2, 0.25) is 0 Å². The number of rotatable bonds is 5. The number of ether oxygens (including phenoxy) is 2. The molecule has 0 saturated carbocycles. The minimum Gasteiger partial charge on any atom is -0.464 e. The van der Waals surface area contributed by atoms with Gasteiger partial charge in [-0.25, -0.2) is 4.79 Å². The topological polar surface area (TPSA) is 35.5 Å². The van der Waals surface area contributed by atoms with Crippen molar-refractivity contribution in [3.05, 3.63) is 0 Å². The Morgan fingerprint density at radius 1 is 1.00 bits per heavy atom. The Bertz CT molecular complexity index is 186. The standard InChI is InChI=1S/C13H26O3/c1-12(2,3)7-8-16-11(14)9-15-10-13(4,5)6/h7-10H2,1-6H3. The van der Waals surface area contributed by atoms with E-state index in [1.807, 2.05) is 0 Å². The average molecular weight is 230 g/mol. The molecule has 0 rings (SSSR count). The molecule has 0 aliphatic heterocycles. The van der Waals surface area contributed by atoms with Crippen LogP contribution < -0.4 is 0 Å². The molecule has 0 aliphatic rings. The van der Waals surface area contributed by atoms with Gasteiger partial charge in [0.05, 0.1) is 13.2 Å². The van der Waals surface area contributed by atoms with E-state index in [2.05, 4.69) is 41.5 Å². The van der Waals surface area contributed by atoms with Gasteiger partial charge in [-0.3, -0.25) is 0 Å². The van der Waals surface area contributed by atoms with E-state index >= 15 is 0 Å². The molecule has 3 nitrogen and oxygen atoms in total. The van der Waals surface area contributed by atoms with Crippen molar-refractivity contribution >= 4 is 5.97 Å². The number of carbonyl (C=O) groups excluding carboxylic acids is 1. The van der Waals surface area contributed by atoms with E-state index in [9.17, 15) is 4.79 Å². The summed E-state index contributed by atoms with van der Waals surface area (Å²) in [5, 5.41) is 0. The van der Waals surface area contributed by atoms with E-state index in [0.717, 1.165) is 6.42 Å². The van der Waals surface area contributed by atoms with Crippen molar-refractivity contribution in [3.8, 4) is 0 Å². The molecular formula is C13H26O3. The van der Waals surface area contributed by atoms with Crippen molar-refractivity contribution in [2.24, 2.45) is 10.8 Å². The zero-order valence-corrected chi connectivity index (χ0v) is 11.6.